The molecule has 104 valence electrons. The molecule has 1 amide bonds. The van der Waals surface area contributed by atoms with E-state index in [1.165, 1.54) is 0 Å². The van der Waals surface area contributed by atoms with Crippen LogP contribution in [0.2, 0.25) is 0 Å². The van der Waals surface area contributed by atoms with Crippen molar-refractivity contribution in [2.45, 2.75) is 49.2 Å². The molecular weight excluding hydrogens is 260 g/mol. The molecule has 1 aromatic rings. The number of aromatic nitrogens is 2. The zero-order valence-corrected chi connectivity index (χ0v) is 11.9. The summed E-state index contributed by atoms with van der Waals surface area (Å²) in [5, 5.41) is 4.32. The van der Waals surface area contributed by atoms with Crippen LogP contribution in [0.1, 0.15) is 32.6 Å². The predicted octanol–water partition coefficient (Wildman–Crippen LogP) is 1.34. The lowest BCUT2D eigenvalue weighted by atomic mass is 9.95. The fourth-order valence-electron chi connectivity index (χ4n) is 1.91. The number of amides is 1. The second-order valence-electron chi connectivity index (χ2n) is 5.11. The van der Waals surface area contributed by atoms with E-state index in [9.17, 15) is 4.79 Å². The molecule has 2 rings (SSSR count). The van der Waals surface area contributed by atoms with Crippen molar-refractivity contribution < 1.29 is 4.79 Å². The van der Waals surface area contributed by atoms with E-state index in [0.29, 0.717) is 6.04 Å². The Hall–Kier alpha value is -1.14. The van der Waals surface area contributed by atoms with E-state index < -0.39 is 5.54 Å². The highest BCUT2D eigenvalue weighted by molar-refractivity contribution is 7.99. The van der Waals surface area contributed by atoms with Crippen molar-refractivity contribution in [1.29, 1.82) is 0 Å². The van der Waals surface area contributed by atoms with E-state index in [1.807, 2.05) is 13.0 Å². The third kappa shape index (κ3) is 4.47. The average Bonchev–Trinajstić information content (AvgIpc) is 3.19. The monoisotopic (exact) mass is 280 g/mol. The minimum absolute atomic E-state index is 0.258. The number of nitrogens with two attached hydrogens (primary N) is 1. The molecule has 1 aliphatic rings. The lowest BCUT2D eigenvalue weighted by Gasteiger charge is -2.27. The van der Waals surface area contributed by atoms with Gasteiger partial charge >= 0.3 is 0 Å². The van der Waals surface area contributed by atoms with Gasteiger partial charge in [0.05, 0.1) is 10.6 Å². The highest BCUT2D eigenvalue weighted by Gasteiger charge is 2.36. The molecule has 6 heteroatoms. The minimum atomic E-state index is -0.576. The van der Waals surface area contributed by atoms with Crippen molar-refractivity contribution in [1.82, 2.24) is 15.3 Å². The minimum Gasteiger partial charge on any atom is -0.368 e. The maximum atomic E-state index is 11.6. The molecule has 1 aliphatic carbocycles. The topological polar surface area (TPSA) is 80.9 Å². The maximum absolute atomic E-state index is 11.6. The number of hydrogen-bond acceptors (Lipinski definition) is 5. The Morgan fingerprint density at radius 1 is 1.63 bits per heavy atom. The molecule has 1 saturated carbocycles. The van der Waals surface area contributed by atoms with E-state index in [4.69, 9.17) is 5.73 Å². The molecular formula is C13H20N4OS. The smallest absolute Gasteiger partial charge is 0.237 e. The number of nitrogens with zero attached hydrogens (tertiary/aromatic N) is 2. The Labute approximate surface area is 117 Å². The Balaban J connectivity index is 1.74. The second kappa shape index (κ2) is 6.34. The highest BCUT2D eigenvalue weighted by atomic mass is 32.2. The summed E-state index contributed by atoms with van der Waals surface area (Å²) in [6.07, 6.45) is 7.27. The van der Waals surface area contributed by atoms with Crippen molar-refractivity contribution >= 4 is 17.7 Å². The first kappa shape index (κ1) is 14.3. The van der Waals surface area contributed by atoms with Crippen LogP contribution in [0.3, 0.4) is 0 Å². The first-order valence-electron chi connectivity index (χ1n) is 6.56. The zero-order valence-electron chi connectivity index (χ0n) is 11.1. The summed E-state index contributed by atoms with van der Waals surface area (Å²) in [4.78, 5) is 19.6. The fourth-order valence-corrected chi connectivity index (χ4v) is 2.69. The van der Waals surface area contributed by atoms with Crippen molar-refractivity contribution in [3.63, 3.8) is 0 Å². The van der Waals surface area contributed by atoms with E-state index in [1.54, 1.807) is 24.3 Å². The second-order valence-corrected chi connectivity index (χ2v) is 6.23. The molecule has 1 atom stereocenters. The summed E-state index contributed by atoms with van der Waals surface area (Å²) in [6.45, 7) is 1.91. The Kier molecular flexibility index (Phi) is 4.76. The zero-order chi connectivity index (χ0) is 13.7. The van der Waals surface area contributed by atoms with Crippen LogP contribution in [0.25, 0.3) is 0 Å². The number of primary amides is 1. The summed E-state index contributed by atoms with van der Waals surface area (Å²) in [5.41, 5.74) is 4.94. The molecule has 19 heavy (non-hydrogen) atoms. The standard InChI is InChI=1S/C13H20N4OS/c1-13(12(14)18,17-10-3-4-10)6-2-8-19-11-5-7-15-9-16-11/h5,7,9-10,17H,2-4,6,8H2,1H3,(H2,14,18). The number of carbonyl (C=O) groups excluding carboxylic acids is 1. The highest BCUT2D eigenvalue weighted by Crippen LogP contribution is 2.25. The van der Waals surface area contributed by atoms with Crippen molar-refractivity contribution in [2.75, 3.05) is 5.75 Å². The van der Waals surface area contributed by atoms with Gasteiger partial charge in [-0.25, -0.2) is 9.97 Å². The summed E-state index contributed by atoms with van der Waals surface area (Å²) in [6, 6.07) is 2.37. The summed E-state index contributed by atoms with van der Waals surface area (Å²) < 4.78 is 0. The lowest BCUT2D eigenvalue weighted by molar-refractivity contribution is -0.124. The Morgan fingerprint density at radius 2 is 2.42 bits per heavy atom. The van der Waals surface area contributed by atoms with Gasteiger partial charge in [0.2, 0.25) is 5.91 Å². The van der Waals surface area contributed by atoms with Crippen molar-refractivity contribution in [2.24, 2.45) is 5.73 Å². The van der Waals surface area contributed by atoms with Crippen LogP contribution >= 0.6 is 11.8 Å². The van der Waals surface area contributed by atoms with E-state index >= 15 is 0 Å². The van der Waals surface area contributed by atoms with Gasteiger partial charge in [0.25, 0.3) is 0 Å². The van der Waals surface area contributed by atoms with Crippen LogP contribution < -0.4 is 11.1 Å². The van der Waals surface area contributed by atoms with E-state index in [0.717, 1.165) is 36.5 Å². The predicted molar refractivity (Wildman–Crippen MR) is 75.7 cm³/mol. The van der Waals surface area contributed by atoms with Crippen LogP contribution in [0.4, 0.5) is 0 Å². The van der Waals surface area contributed by atoms with Gasteiger partial charge in [0, 0.05) is 12.2 Å². The molecule has 3 N–H and O–H groups in total. The maximum Gasteiger partial charge on any atom is 0.237 e. The number of rotatable bonds is 8. The molecule has 0 bridgehead atoms. The number of nitrogens with one attached hydrogen (secondary N) is 1. The third-order valence-electron chi connectivity index (χ3n) is 3.27. The third-order valence-corrected chi connectivity index (χ3v) is 4.30. The molecule has 0 spiro atoms. The first-order chi connectivity index (χ1) is 9.10. The number of thioether (sulfide) groups is 1. The van der Waals surface area contributed by atoms with Gasteiger partial charge in [-0.3, -0.25) is 4.79 Å². The molecule has 0 radical (unpaired) electrons. The fraction of sp³-hybridized carbons (Fsp3) is 0.615. The molecule has 0 aromatic carbocycles. The Bertz CT molecular complexity index is 424. The van der Waals surface area contributed by atoms with Crippen LogP contribution in [0.15, 0.2) is 23.6 Å². The van der Waals surface area contributed by atoms with Gasteiger partial charge < -0.3 is 11.1 Å². The van der Waals surface area contributed by atoms with Gasteiger partial charge in [0.1, 0.15) is 6.33 Å². The number of hydrogen-bond donors (Lipinski definition) is 2. The SMILES string of the molecule is CC(CCCSc1ccncn1)(NC1CC1)C(N)=O. The quantitative estimate of drug-likeness (QED) is 0.427. The number of carbonyl (C=O) groups is 1. The summed E-state index contributed by atoms with van der Waals surface area (Å²) in [7, 11) is 0. The molecule has 1 heterocycles. The van der Waals surface area contributed by atoms with Crippen LogP contribution in [-0.4, -0.2) is 33.2 Å². The van der Waals surface area contributed by atoms with Gasteiger partial charge in [-0.2, -0.15) is 0 Å². The van der Waals surface area contributed by atoms with Crippen molar-refractivity contribution in [3.8, 4) is 0 Å². The van der Waals surface area contributed by atoms with Gasteiger partial charge in [-0.1, -0.05) is 0 Å². The van der Waals surface area contributed by atoms with Crippen LogP contribution in [-0.2, 0) is 4.79 Å². The average molecular weight is 280 g/mol. The molecule has 1 unspecified atom stereocenters. The van der Waals surface area contributed by atoms with Gasteiger partial charge in [0.15, 0.2) is 0 Å². The van der Waals surface area contributed by atoms with E-state index in [-0.39, 0.29) is 5.91 Å². The summed E-state index contributed by atoms with van der Waals surface area (Å²) in [5.74, 6) is 0.665. The molecule has 0 aliphatic heterocycles. The molecule has 5 nitrogen and oxygen atoms in total. The lowest BCUT2D eigenvalue weighted by Crippen LogP contribution is -2.54. The molecule has 1 fully saturated rings. The van der Waals surface area contributed by atoms with Crippen molar-refractivity contribution in [3.05, 3.63) is 18.6 Å². The summed E-state index contributed by atoms with van der Waals surface area (Å²) >= 11 is 1.68. The Morgan fingerprint density at radius 3 is 3.00 bits per heavy atom. The normalized spacial score (nSPS) is 17.9. The van der Waals surface area contributed by atoms with Gasteiger partial charge in [-0.05, 0) is 44.4 Å². The van der Waals surface area contributed by atoms with Crippen LogP contribution in [0.5, 0.6) is 0 Å². The van der Waals surface area contributed by atoms with Gasteiger partial charge in [-0.15, -0.1) is 11.8 Å². The largest absolute Gasteiger partial charge is 0.368 e. The first-order valence-corrected chi connectivity index (χ1v) is 7.55. The molecule has 1 aromatic heterocycles. The van der Waals surface area contributed by atoms with Crippen LogP contribution in [0, 0.1) is 0 Å². The molecule has 0 saturated heterocycles. The van der Waals surface area contributed by atoms with E-state index in [2.05, 4.69) is 15.3 Å².